The van der Waals surface area contributed by atoms with Crippen molar-refractivity contribution in [2.75, 3.05) is 5.75 Å². The first-order valence-corrected chi connectivity index (χ1v) is 4.95. The van der Waals surface area contributed by atoms with E-state index in [1.807, 2.05) is 30.3 Å². The van der Waals surface area contributed by atoms with Crippen molar-refractivity contribution < 1.29 is 64.3 Å². The topological polar surface area (TPSA) is 0 Å². The molecule has 0 saturated carbocycles. The molecule has 72 valence electrons. The number of halogens is 3. The average molecular weight is 244 g/mol. The van der Waals surface area contributed by atoms with Gasteiger partial charge in [0.2, 0.25) is 0 Å². The van der Waals surface area contributed by atoms with Gasteiger partial charge in [-0.3, -0.25) is 0 Å². The van der Waals surface area contributed by atoms with E-state index in [2.05, 4.69) is 0 Å². The minimum absolute atomic E-state index is 0. The van der Waals surface area contributed by atoms with Gasteiger partial charge in [0.15, 0.2) is 0 Å². The molecule has 0 unspecified atom stereocenters. The second kappa shape index (κ2) is 7.35. The van der Waals surface area contributed by atoms with Crippen LogP contribution in [0.25, 0.3) is 0 Å². The van der Waals surface area contributed by atoms with Crippen molar-refractivity contribution in [3.63, 3.8) is 0 Å². The smallest absolute Gasteiger partial charge is 0.449 e. The Morgan fingerprint density at radius 3 is 2.14 bits per heavy atom. The van der Waals surface area contributed by atoms with E-state index in [1.165, 1.54) is 11.8 Å². The fourth-order valence-corrected chi connectivity index (χ4v) is 1.80. The summed E-state index contributed by atoms with van der Waals surface area (Å²) < 4.78 is 35.4. The summed E-state index contributed by atoms with van der Waals surface area (Å²) in [6.45, 7) is -4.62. The van der Waals surface area contributed by atoms with Crippen molar-refractivity contribution in [2.45, 2.75) is 11.2 Å². The third kappa shape index (κ3) is 7.37. The van der Waals surface area contributed by atoms with Gasteiger partial charge in [-0.2, -0.15) is 0 Å². The Balaban J connectivity index is 0.00000169. The molecular weight excluding hydrogens is 235 g/mol. The number of benzene rings is 1. The zero-order valence-electron chi connectivity index (χ0n) is 7.92. The zero-order valence-corrected chi connectivity index (χ0v) is 11.9. The van der Waals surface area contributed by atoms with E-state index in [9.17, 15) is 12.9 Å². The van der Waals surface area contributed by atoms with Gasteiger partial charge in [0.1, 0.15) is 0 Å². The van der Waals surface area contributed by atoms with Gasteiger partial charge < -0.3 is 12.9 Å². The van der Waals surface area contributed by atoms with Gasteiger partial charge in [-0.1, -0.05) is 24.5 Å². The molecule has 0 radical (unpaired) electrons. The Labute approximate surface area is 129 Å². The normalized spacial score (nSPS) is 10.8. The third-order valence-corrected chi connectivity index (χ3v) is 2.50. The van der Waals surface area contributed by atoms with Crippen LogP contribution in [0.1, 0.15) is 0 Å². The first-order chi connectivity index (χ1) is 6.08. The number of hydrogen-bond acceptors (Lipinski definition) is 1. The van der Waals surface area contributed by atoms with E-state index in [-0.39, 0.29) is 57.1 Å². The summed E-state index contributed by atoms with van der Waals surface area (Å²) in [4.78, 5) is 0.891. The Morgan fingerprint density at radius 2 is 1.64 bits per heavy atom. The van der Waals surface area contributed by atoms with Crippen molar-refractivity contribution in [1.82, 2.24) is 0 Å². The number of hydrogen-bond donors (Lipinski definition) is 0. The second-order valence-electron chi connectivity index (χ2n) is 2.66. The Kier molecular flexibility index (Phi) is 7.91. The van der Waals surface area contributed by atoms with E-state index >= 15 is 0 Å². The van der Waals surface area contributed by atoms with Crippen molar-refractivity contribution >= 4 is 18.7 Å². The van der Waals surface area contributed by atoms with Crippen molar-refractivity contribution in [2.24, 2.45) is 0 Å². The molecule has 0 amide bonds. The van der Waals surface area contributed by atoms with Gasteiger partial charge in [-0.15, -0.1) is 11.8 Å². The molecule has 0 atom stereocenters. The first kappa shape index (κ1) is 15.1. The fourth-order valence-electron chi connectivity index (χ4n) is 0.827. The Morgan fingerprint density at radius 1 is 1.07 bits per heavy atom. The molecule has 1 aromatic carbocycles. The summed E-state index contributed by atoms with van der Waals surface area (Å²) in [6.07, 6.45) is -0.667. The summed E-state index contributed by atoms with van der Waals surface area (Å²) in [5, 5.41) is 0. The molecular formula is C8H9BF3KS. The minimum Gasteiger partial charge on any atom is -0.449 e. The van der Waals surface area contributed by atoms with Crippen LogP contribution in [0.4, 0.5) is 12.9 Å². The van der Waals surface area contributed by atoms with E-state index < -0.39 is 13.3 Å². The van der Waals surface area contributed by atoms with Gasteiger partial charge >= 0.3 is 58.4 Å². The van der Waals surface area contributed by atoms with Gasteiger partial charge in [-0.25, -0.2) is 0 Å². The maximum absolute atomic E-state index is 11.8. The van der Waals surface area contributed by atoms with Crippen LogP contribution in [0.5, 0.6) is 0 Å². The molecule has 0 heterocycles. The maximum Gasteiger partial charge on any atom is 1.00 e. The molecule has 0 saturated heterocycles. The monoisotopic (exact) mass is 244 g/mol. The summed E-state index contributed by atoms with van der Waals surface area (Å²) in [5.41, 5.74) is 0. The molecule has 0 N–H and O–H groups in total. The Hall–Kier alpha value is 1.06. The molecule has 0 aromatic heterocycles. The predicted octanol–water partition coefficient (Wildman–Crippen LogP) is 0.630. The predicted molar refractivity (Wildman–Crippen MR) is 51.1 cm³/mol. The first-order valence-electron chi connectivity index (χ1n) is 3.97. The molecule has 0 bridgehead atoms. The number of thioether (sulfide) groups is 1. The van der Waals surface area contributed by atoms with Crippen molar-refractivity contribution in [3.05, 3.63) is 30.3 Å². The molecule has 6 heteroatoms. The van der Waals surface area contributed by atoms with Gasteiger partial charge in [0, 0.05) is 4.90 Å². The maximum atomic E-state index is 11.8. The summed E-state index contributed by atoms with van der Waals surface area (Å²) in [6, 6.07) is 9.11. The van der Waals surface area contributed by atoms with Crippen LogP contribution in [-0.2, 0) is 0 Å². The van der Waals surface area contributed by atoms with Crippen LogP contribution in [0, 0.1) is 0 Å². The number of rotatable bonds is 4. The minimum atomic E-state index is -4.62. The summed E-state index contributed by atoms with van der Waals surface area (Å²) >= 11 is 1.24. The van der Waals surface area contributed by atoms with Crippen LogP contribution in [0.3, 0.4) is 0 Å². The van der Waals surface area contributed by atoms with Crippen LogP contribution >= 0.6 is 11.8 Å². The molecule has 0 spiro atoms. The Bertz CT molecular complexity index is 253. The van der Waals surface area contributed by atoms with E-state index in [1.54, 1.807) is 0 Å². The largest absolute Gasteiger partial charge is 1.00 e. The van der Waals surface area contributed by atoms with E-state index in [4.69, 9.17) is 0 Å². The van der Waals surface area contributed by atoms with Crippen LogP contribution < -0.4 is 51.4 Å². The fraction of sp³-hybridized carbons (Fsp3) is 0.250. The average Bonchev–Trinajstić information content (AvgIpc) is 2.04. The quantitative estimate of drug-likeness (QED) is 0.553. The zero-order chi connectivity index (χ0) is 9.73. The molecule has 1 aromatic rings. The molecule has 0 fully saturated rings. The molecule has 0 aliphatic rings. The second-order valence-corrected chi connectivity index (χ2v) is 3.83. The molecule has 0 aliphatic carbocycles. The van der Waals surface area contributed by atoms with E-state index in [0.29, 0.717) is 0 Å². The molecule has 1 rings (SSSR count). The summed E-state index contributed by atoms with van der Waals surface area (Å²) in [5.74, 6) is 0.119. The van der Waals surface area contributed by atoms with Gasteiger partial charge in [0.25, 0.3) is 0 Å². The van der Waals surface area contributed by atoms with Crippen LogP contribution in [-0.4, -0.2) is 12.7 Å². The van der Waals surface area contributed by atoms with E-state index in [0.717, 1.165) is 4.90 Å². The molecule has 0 nitrogen and oxygen atoms in total. The standard InChI is InChI=1S/C8H9BF3S.K/c10-9(11,12)6-7-13-8-4-2-1-3-5-8;/h1-5H,6-7H2;/q-1;+1. The third-order valence-electron chi connectivity index (χ3n) is 1.46. The molecule has 0 aliphatic heterocycles. The molecule has 14 heavy (non-hydrogen) atoms. The van der Waals surface area contributed by atoms with Crippen molar-refractivity contribution in [1.29, 1.82) is 0 Å². The van der Waals surface area contributed by atoms with Crippen molar-refractivity contribution in [3.8, 4) is 0 Å². The summed E-state index contributed by atoms with van der Waals surface area (Å²) in [7, 11) is 0. The van der Waals surface area contributed by atoms with Gasteiger partial charge in [-0.05, 0) is 17.9 Å². The SMILES string of the molecule is F[B-](F)(F)CCSc1ccccc1.[K+]. The van der Waals surface area contributed by atoms with Crippen LogP contribution in [0.2, 0.25) is 6.32 Å². The van der Waals surface area contributed by atoms with Crippen LogP contribution in [0.15, 0.2) is 35.2 Å². The van der Waals surface area contributed by atoms with Gasteiger partial charge in [0.05, 0.1) is 0 Å².